The van der Waals surface area contributed by atoms with Gasteiger partial charge in [0.05, 0.1) is 11.1 Å². The molecule has 0 N–H and O–H groups in total. The van der Waals surface area contributed by atoms with E-state index in [1.807, 2.05) is 63.2 Å². The maximum atomic E-state index is 12.1. The van der Waals surface area contributed by atoms with Gasteiger partial charge in [-0.3, -0.25) is 4.98 Å². The summed E-state index contributed by atoms with van der Waals surface area (Å²) in [6.45, 7) is 5.55. The second-order valence-corrected chi connectivity index (χ2v) is 7.54. The number of esters is 1. The smallest absolute Gasteiger partial charge is 0.338 e. The summed E-state index contributed by atoms with van der Waals surface area (Å²) < 4.78 is 5.38. The SMILES string of the molecule is CC(C)(C)OC(=O)c1ccc(C#Cc2cnccc2/C=C/c2ccccc2)cc1. The Morgan fingerprint density at radius 2 is 1.66 bits per heavy atom. The van der Waals surface area contributed by atoms with Crippen LogP contribution in [0, 0.1) is 11.8 Å². The summed E-state index contributed by atoms with van der Waals surface area (Å²) in [5.74, 6) is 5.98. The van der Waals surface area contributed by atoms with E-state index >= 15 is 0 Å². The van der Waals surface area contributed by atoms with Crippen molar-refractivity contribution in [1.82, 2.24) is 4.98 Å². The van der Waals surface area contributed by atoms with E-state index in [4.69, 9.17) is 4.74 Å². The number of aromatic nitrogens is 1. The van der Waals surface area contributed by atoms with Crippen LogP contribution in [0.5, 0.6) is 0 Å². The molecule has 0 radical (unpaired) electrons. The van der Waals surface area contributed by atoms with Gasteiger partial charge in [-0.05, 0) is 62.2 Å². The van der Waals surface area contributed by atoms with Crippen LogP contribution in [0.3, 0.4) is 0 Å². The van der Waals surface area contributed by atoms with Gasteiger partial charge in [0.1, 0.15) is 5.60 Å². The summed E-state index contributed by atoms with van der Waals surface area (Å²) in [6, 6.07) is 19.2. The number of rotatable bonds is 3. The number of carbonyl (C=O) groups is 1. The fourth-order valence-electron chi connectivity index (χ4n) is 2.57. The van der Waals surface area contributed by atoms with E-state index in [1.165, 1.54) is 0 Å². The molecule has 0 aliphatic carbocycles. The first-order valence-electron chi connectivity index (χ1n) is 9.43. The van der Waals surface area contributed by atoms with Crippen molar-refractivity contribution in [3.05, 3.63) is 101 Å². The lowest BCUT2D eigenvalue weighted by molar-refractivity contribution is 0.00695. The van der Waals surface area contributed by atoms with E-state index in [9.17, 15) is 4.79 Å². The molecule has 0 bridgehead atoms. The average Bonchev–Trinajstić information content (AvgIpc) is 2.71. The Bertz CT molecular complexity index is 1060. The number of nitrogens with zero attached hydrogens (tertiary/aromatic N) is 1. The molecule has 1 heterocycles. The molecule has 29 heavy (non-hydrogen) atoms. The van der Waals surface area contributed by atoms with Crippen molar-refractivity contribution in [3.63, 3.8) is 0 Å². The Morgan fingerprint density at radius 1 is 0.931 bits per heavy atom. The summed E-state index contributed by atoms with van der Waals surface area (Å²) >= 11 is 0. The zero-order valence-electron chi connectivity index (χ0n) is 16.8. The normalized spacial score (nSPS) is 11.0. The van der Waals surface area contributed by atoms with E-state index in [0.29, 0.717) is 5.56 Å². The molecule has 1 aromatic heterocycles. The summed E-state index contributed by atoms with van der Waals surface area (Å²) in [5.41, 5.74) is 3.79. The highest BCUT2D eigenvalue weighted by Gasteiger charge is 2.17. The minimum Gasteiger partial charge on any atom is -0.456 e. The number of pyridine rings is 1. The Balaban J connectivity index is 1.77. The van der Waals surface area contributed by atoms with E-state index in [-0.39, 0.29) is 5.97 Å². The molecule has 0 atom stereocenters. The number of ether oxygens (including phenoxy) is 1. The molecule has 0 fully saturated rings. The van der Waals surface area contributed by atoms with Crippen LogP contribution < -0.4 is 0 Å². The molecule has 144 valence electrons. The minimum absolute atomic E-state index is 0.336. The molecule has 0 spiro atoms. The van der Waals surface area contributed by atoms with Crippen LogP contribution in [-0.4, -0.2) is 16.6 Å². The first-order chi connectivity index (χ1) is 13.9. The number of benzene rings is 2. The minimum atomic E-state index is -0.514. The topological polar surface area (TPSA) is 39.2 Å². The van der Waals surface area contributed by atoms with Gasteiger partial charge in [0.25, 0.3) is 0 Å². The summed E-state index contributed by atoms with van der Waals surface area (Å²) in [7, 11) is 0. The highest BCUT2D eigenvalue weighted by atomic mass is 16.6. The Kier molecular flexibility index (Phi) is 6.26. The van der Waals surface area contributed by atoms with Gasteiger partial charge in [-0.1, -0.05) is 54.3 Å². The molecule has 3 aromatic rings. The highest BCUT2D eigenvalue weighted by Crippen LogP contribution is 2.14. The van der Waals surface area contributed by atoms with Crippen molar-refractivity contribution in [3.8, 4) is 11.8 Å². The van der Waals surface area contributed by atoms with Gasteiger partial charge in [0, 0.05) is 18.0 Å². The monoisotopic (exact) mass is 381 g/mol. The molecule has 0 amide bonds. The quantitative estimate of drug-likeness (QED) is 0.437. The lowest BCUT2D eigenvalue weighted by atomic mass is 10.1. The van der Waals surface area contributed by atoms with Crippen molar-refractivity contribution in [1.29, 1.82) is 0 Å². The third-order valence-electron chi connectivity index (χ3n) is 3.97. The molecular weight excluding hydrogens is 358 g/mol. The van der Waals surface area contributed by atoms with Gasteiger partial charge in [-0.25, -0.2) is 4.79 Å². The first-order valence-corrected chi connectivity index (χ1v) is 9.43. The van der Waals surface area contributed by atoms with Crippen molar-refractivity contribution in [2.75, 3.05) is 0 Å². The molecule has 0 aliphatic rings. The lowest BCUT2D eigenvalue weighted by Gasteiger charge is -2.19. The van der Waals surface area contributed by atoms with Gasteiger partial charge >= 0.3 is 5.97 Å². The first kappa shape index (κ1) is 20.1. The van der Waals surface area contributed by atoms with E-state index in [2.05, 4.69) is 35.0 Å². The predicted octanol–water partition coefficient (Wildman–Crippen LogP) is 5.61. The molecule has 0 unspecified atom stereocenters. The van der Waals surface area contributed by atoms with Crippen LogP contribution in [0.15, 0.2) is 73.1 Å². The molecule has 0 aliphatic heterocycles. The zero-order valence-corrected chi connectivity index (χ0v) is 16.8. The maximum Gasteiger partial charge on any atom is 0.338 e. The molecule has 2 aromatic carbocycles. The maximum absolute atomic E-state index is 12.1. The molecular formula is C26H23NO2. The Morgan fingerprint density at radius 3 is 2.34 bits per heavy atom. The third kappa shape index (κ3) is 6.19. The largest absolute Gasteiger partial charge is 0.456 e. The van der Waals surface area contributed by atoms with Crippen molar-refractivity contribution in [2.24, 2.45) is 0 Å². The molecule has 0 saturated carbocycles. The summed E-state index contributed by atoms with van der Waals surface area (Å²) in [6.07, 6.45) is 7.60. The predicted molar refractivity (Wildman–Crippen MR) is 117 cm³/mol. The van der Waals surface area contributed by atoms with Gasteiger partial charge in [0.15, 0.2) is 0 Å². The Hall–Kier alpha value is -3.64. The number of hydrogen-bond acceptors (Lipinski definition) is 3. The van der Waals surface area contributed by atoms with Crippen molar-refractivity contribution < 1.29 is 9.53 Å². The average molecular weight is 381 g/mol. The van der Waals surface area contributed by atoms with Gasteiger partial charge in [0.2, 0.25) is 0 Å². The number of hydrogen-bond donors (Lipinski definition) is 0. The molecule has 3 heteroatoms. The van der Waals surface area contributed by atoms with Gasteiger partial charge < -0.3 is 4.74 Å². The fourth-order valence-corrected chi connectivity index (χ4v) is 2.57. The van der Waals surface area contributed by atoms with E-state index in [0.717, 1.165) is 22.3 Å². The standard InChI is InChI=1S/C26H23NO2/c1-26(2,3)29-25(28)23-14-10-21(11-15-23)12-16-24-19-27-18-17-22(24)13-9-20-7-5-4-6-8-20/h4-11,13-15,17-19H,1-3H3/b13-9+. The van der Waals surface area contributed by atoms with Crippen molar-refractivity contribution in [2.45, 2.75) is 26.4 Å². The van der Waals surface area contributed by atoms with Gasteiger partial charge in [-0.2, -0.15) is 0 Å². The molecule has 3 nitrogen and oxygen atoms in total. The van der Waals surface area contributed by atoms with Crippen LogP contribution in [0.25, 0.3) is 12.2 Å². The second kappa shape index (κ2) is 9.03. The van der Waals surface area contributed by atoms with Gasteiger partial charge in [-0.15, -0.1) is 0 Å². The van der Waals surface area contributed by atoms with Crippen LogP contribution in [0.4, 0.5) is 0 Å². The summed E-state index contributed by atoms with van der Waals surface area (Å²) in [4.78, 5) is 16.3. The van der Waals surface area contributed by atoms with Crippen molar-refractivity contribution >= 4 is 18.1 Å². The van der Waals surface area contributed by atoms with Crippen LogP contribution in [-0.2, 0) is 4.74 Å². The van der Waals surface area contributed by atoms with Crippen LogP contribution in [0.2, 0.25) is 0 Å². The number of carbonyl (C=O) groups excluding carboxylic acids is 1. The Labute approximate surface area is 172 Å². The fraction of sp³-hybridized carbons (Fsp3) is 0.154. The third-order valence-corrected chi connectivity index (χ3v) is 3.97. The molecule has 0 saturated heterocycles. The van der Waals surface area contributed by atoms with E-state index in [1.54, 1.807) is 24.5 Å². The van der Waals surface area contributed by atoms with E-state index < -0.39 is 5.60 Å². The summed E-state index contributed by atoms with van der Waals surface area (Å²) in [5, 5.41) is 0. The highest BCUT2D eigenvalue weighted by molar-refractivity contribution is 5.89. The van der Waals surface area contributed by atoms with Crippen LogP contribution >= 0.6 is 0 Å². The molecule has 3 rings (SSSR count). The second-order valence-electron chi connectivity index (χ2n) is 7.54. The van der Waals surface area contributed by atoms with Crippen LogP contribution in [0.1, 0.15) is 53.4 Å². The zero-order chi connectivity index (χ0) is 20.7. The lowest BCUT2D eigenvalue weighted by Crippen LogP contribution is -2.23.